The van der Waals surface area contributed by atoms with Crippen molar-refractivity contribution < 1.29 is 39.3 Å². The number of amides is 2. The number of thiazole rings is 1. The number of aromatic hydroxyl groups is 1. The standard InChI is InChI=1S/C21H21N7O9S3/c1-21(2,18(35)36)37-27-11(8-6-39-19(22)23-8)14(31)26-12-15(32)28-13(17(33)34)7(4-38-16(12)28)5-40-20-24-9(29)3-10(30)25-20/h3,6,12,16H,4-5H2,1-2H3,(H2,22,23)(H,26,31)(H,33,34)(H,35,36)(H2,24,25,29,30)/b27-11-. The fourth-order valence-electron chi connectivity index (χ4n) is 3.45. The zero-order valence-electron chi connectivity index (χ0n) is 20.6. The van der Waals surface area contributed by atoms with Gasteiger partial charge in [0.25, 0.3) is 17.4 Å². The second-order valence-corrected chi connectivity index (χ2v) is 11.7. The molecule has 2 unspecified atom stereocenters. The Morgan fingerprint density at radius 3 is 2.65 bits per heavy atom. The lowest BCUT2D eigenvalue weighted by atomic mass is 10.0. The fraction of sp³-hybridized carbons (Fsp3) is 0.333. The van der Waals surface area contributed by atoms with Gasteiger partial charge in [-0.25, -0.2) is 14.6 Å². The molecule has 16 nitrogen and oxygen atoms in total. The Morgan fingerprint density at radius 2 is 2.05 bits per heavy atom. The van der Waals surface area contributed by atoms with Crippen molar-refractivity contribution >= 4 is 69.5 Å². The SMILES string of the molecule is CC(C)(O/N=C(\C(=O)NC1C(=O)N2C(C(=O)O)=C(CSc3nc(O)cc(=O)[nH]3)CSC12)c1csc(N)n1)C(=O)O. The van der Waals surface area contributed by atoms with Gasteiger partial charge >= 0.3 is 11.9 Å². The summed E-state index contributed by atoms with van der Waals surface area (Å²) in [6.07, 6.45) is 0. The Labute approximate surface area is 236 Å². The molecule has 2 aliphatic rings. The van der Waals surface area contributed by atoms with Gasteiger partial charge in [-0.2, -0.15) is 4.98 Å². The normalized spacial score (nSPS) is 19.1. The molecule has 2 amide bonds. The first kappa shape index (κ1) is 28.9. The van der Waals surface area contributed by atoms with Crippen LogP contribution in [0.5, 0.6) is 5.88 Å². The number of carbonyl (C=O) groups is 4. The van der Waals surface area contributed by atoms with Crippen molar-refractivity contribution in [1.82, 2.24) is 25.2 Å². The van der Waals surface area contributed by atoms with Crippen LogP contribution in [-0.4, -0.2) is 93.2 Å². The number of carboxylic acid groups (broad SMARTS) is 2. The van der Waals surface area contributed by atoms with E-state index >= 15 is 0 Å². The molecule has 19 heteroatoms. The van der Waals surface area contributed by atoms with Gasteiger partial charge in [0.15, 0.2) is 16.0 Å². The fourth-order valence-corrected chi connectivity index (χ4v) is 6.35. The van der Waals surface area contributed by atoms with Crippen molar-refractivity contribution in [2.24, 2.45) is 5.16 Å². The van der Waals surface area contributed by atoms with E-state index in [9.17, 15) is 39.3 Å². The Kier molecular flexibility index (Phi) is 8.08. The molecule has 2 atom stereocenters. The zero-order valence-corrected chi connectivity index (χ0v) is 23.1. The van der Waals surface area contributed by atoms with Crippen molar-refractivity contribution in [2.45, 2.75) is 36.0 Å². The van der Waals surface area contributed by atoms with Crippen LogP contribution in [0.2, 0.25) is 0 Å². The topological polar surface area (TPSA) is 250 Å². The maximum absolute atomic E-state index is 13.1. The Morgan fingerprint density at radius 1 is 1.32 bits per heavy atom. The number of thioether (sulfide) groups is 2. The lowest BCUT2D eigenvalue weighted by molar-refractivity contribution is -0.161. The molecule has 0 bridgehead atoms. The summed E-state index contributed by atoms with van der Waals surface area (Å²) in [6, 6.07) is -0.238. The van der Waals surface area contributed by atoms with Gasteiger partial charge in [0.1, 0.15) is 22.8 Å². The summed E-state index contributed by atoms with van der Waals surface area (Å²) in [5.74, 6) is -4.57. The van der Waals surface area contributed by atoms with E-state index in [2.05, 4.69) is 25.4 Å². The van der Waals surface area contributed by atoms with Gasteiger partial charge in [-0.05, 0) is 19.4 Å². The summed E-state index contributed by atoms with van der Waals surface area (Å²) in [5.41, 5.74) is 2.96. The van der Waals surface area contributed by atoms with Gasteiger partial charge in [0, 0.05) is 16.9 Å². The largest absolute Gasteiger partial charge is 0.493 e. The molecule has 0 aliphatic carbocycles. The van der Waals surface area contributed by atoms with Crippen LogP contribution in [0.1, 0.15) is 19.5 Å². The third kappa shape index (κ3) is 5.89. The Bertz CT molecular complexity index is 1520. The highest BCUT2D eigenvalue weighted by Crippen LogP contribution is 2.41. The number of carbonyl (C=O) groups excluding carboxylic acids is 2. The molecule has 0 radical (unpaired) electrons. The lowest BCUT2D eigenvalue weighted by Gasteiger charge is -2.49. The molecule has 0 aromatic carbocycles. The summed E-state index contributed by atoms with van der Waals surface area (Å²) >= 11 is 3.17. The van der Waals surface area contributed by atoms with E-state index in [4.69, 9.17) is 10.6 Å². The molecule has 4 rings (SSSR count). The highest BCUT2D eigenvalue weighted by molar-refractivity contribution is 8.01. The second-order valence-electron chi connectivity index (χ2n) is 8.73. The minimum Gasteiger partial charge on any atom is -0.493 e. The number of β-lactam (4-membered cyclic amide) rings is 1. The smallest absolute Gasteiger partial charge is 0.352 e. The molecule has 1 saturated heterocycles. The van der Waals surface area contributed by atoms with Crippen molar-refractivity contribution in [2.75, 3.05) is 17.2 Å². The molecule has 0 spiro atoms. The highest BCUT2D eigenvalue weighted by Gasteiger charge is 2.54. The van der Waals surface area contributed by atoms with Crippen molar-refractivity contribution in [3.05, 3.63) is 38.8 Å². The third-order valence-corrected chi connectivity index (χ3v) is 8.46. The molecular weight excluding hydrogens is 590 g/mol. The number of aromatic amines is 1. The maximum Gasteiger partial charge on any atom is 0.352 e. The summed E-state index contributed by atoms with van der Waals surface area (Å²) in [7, 11) is 0. The summed E-state index contributed by atoms with van der Waals surface area (Å²) < 4.78 is 0. The lowest BCUT2D eigenvalue weighted by Crippen LogP contribution is -2.71. The molecule has 4 heterocycles. The van der Waals surface area contributed by atoms with Crippen LogP contribution in [0.15, 0.2) is 37.8 Å². The first-order chi connectivity index (χ1) is 18.8. The summed E-state index contributed by atoms with van der Waals surface area (Å²) in [4.78, 5) is 77.5. The molecule has 2 aromatic rings. The molecule has 2 aromatic heterocycles. The number of nitrogen functional groups attached to an aromatic ring is 1. The Hall–Kier alpha value is -4.10. The number of oxime groups is 1. The number of nitrogens with zero attached hydrogens (tertiary/aromatic N) is 4. The number of aliphatic carboxylic acids is 2. The Balaban J connectivity index is 1.52. The van der Waals surface area contributed by atoms with Gasteiger partial charge in [-0.1, -0.05) is 16.9 Å². The van der Waals surface area contributed by atoms with Gasteiger partial charge in [-0.15, -0.1) is 23.1 Å². The minimum atomic E-state index is -1.79. The van der Waals surface area contributed by atoms with Gasteiger partial charge in [0.05, 0.1) is 6.07 Å². The monoisotopic (exact) mass is 611 g/mol. The van der Waals surface area contributed by atoms with Gasteiger partial charge in [-0.3, -0.25) is 19.3 Å². The van der Waals surface area contributed by atoms with Crippen LogP contribution in [0, 0.1) is 0 Å². The second kappa shape index (κ2) is 11.2. The van der Waals surface area contributed by atoms with Crippen LogP contribution in [0.4, 0.5) is 5.13 Å². The maximum atomic E-state index is 13.1. The number of H-pyrrole nitrogens is 1. The number of nitrogens with two attached hydrogens (primary N) is 1. The van der Waals surface area contributed by atoms with E-state index in [1.54, 1.807) is 0 Å². The molecular formula is C21H21N7O9S3. The average molecular weight is 612 g/mol. The molecule has 40 heavy (non-hydrogen) atoms. The number of rotatable bonds is 10. The van der Waals surface area contributed by atoms with Crippen LogP contribution in [0.25, 0.3) is 0 Å². The number of fused-ring (bicyclic) bond motifs is 1. The first-order valence-corrected chi connectivity index (χ1v) is 14.0. The molecule has 212 valence electrons. The minimum absolute atomic E-state index is 0.00912. The number of anilines is 1. The van der Waals surface area contributed by atoms with Gasteiger partial charge < -0.3 is 36.2 Å². The number of aromatic nitrogens is 3. The van der Waals surface area contributed by atoms with E-state index in [0.29, 0.717) is 5.57 Å². The molecule has 1 fully saturated rings. The quantitative estimate of drug-likeness (QED) is 0.0659. The van der Waals surface area contributed by atoms with E-state index < -0.39 is 57.9 Å². The zero-order chi connectivity index (χ0) is 29.4. The van der Waals surface area contributed by atoms with Crippen molar-refractivity contribution in [1.29, 1.82) is 0 Å². The molecule has 2 aliphatic heterocycles. The number of nitrogens with one attached hydrogen (secondary N) is 2. The summed E-state index contributed by atoms with van der Waals surface area (Å²) in [5, 5.41) is 35.6. The summed E-state index contributed by atoms with van der Waals surface area (Å²) in [6.45, 7) is 2.44. The average Bonchev–Trinajstić information content (AvgIpc) is 3.30. The highest BCUT2D eigenvalue weighted by atomic mass is 32.2. The first-order valence-electron chi connectivity index (χ1n) is 11.1. The van der Waals surface area contributed by atoms with Crippen molar-refractivity contribution in [3.8, 4) is 5.88 Å². The number of carboxylic acids is 2. The number of hydrogen-bond acceptors (Lipinski definition) is 14. The van der Waals surface area contributed by atoms with Crippen molar-refractivity contribution in [3.63, 3.8) is 0 Å². The van der Waals surface area contributed by atoms with E-state index in [1.807, 2.05) is 0 Å². The van der Waals surface area contributed by atoms with Crippen LogP contribution >= 0.6 is 34.9 Å². The van der Waals surface area contributed by atoms with E-state index in [0.717, 1.165) is 34.1 Å². The molecule has 0 saturated carbocycles. The predicted molar refractivity (Wildman–Crippen MR) is 143 cm³/mol. The number of hydrogen-bond donors (Lipinski definition) is 6. The van der Waals surface area contributed by atoms with Crippen LogP contribution in [0.3, 0.4) is 0 Å². The predicted octanol–water partition coefficient (Wildman–Crippen LogP) is -0.371. The van der Waals surface area contributed by atoms with Crippen LogP contribution < -0.4 is 16.6 Å². The van der Waals surface area contributed by atoms with Crippen LogP contribution in [-0.2, 0) is 24.0 Å². The molecule has 7 N–H and O–H groups in total. The van der Waals surface area contributed by atoms with Gasteiger partial charge in [0.2, 0.25) is 11.5 Å². The van der Waals surface area contributed by atoms with E-state index in [-0.39, 0.29) is 33.2 Å². The van der Waals surface area contributed by atoms with E-state index in [1.165, 1.54) is 31.0 Å². The third-order valence-electron chi connectivity index (χ3n) is 5.49.